The maximum Gasteiger partial charge on any atom is 0.245 e. The maximum absolute atomic E-state index is 12.2. The van der Waals surface area contributed by atoms with E-state index in [0.29, 0.717) is 19.7 Å². The smallest absolute Gasteiger partial charge is 0.245 e. The Morgan fingerprint density at radius 1 is 1.55 bits per heavy atom. The number of nitrogens with one attached hydrogen (secondary N) is 1. The van der Waals surface area contributed by atoms with Crippen LogP contribution in [0.25, 0.3) is 0 Å². The molecule has 20 heavy (non-hydrogen) atoms. The van der Waals surface area contributed by atoms with E-state index in [1.807, 2.05) is 13.8 Å². The zero-order valence-electron chi connectivity index (χ0n) is 11.9. The molecule has 1 aromatic rings. The predicted molar refractivity (Wildman–Crippen MR) is 75.6 cm³/mol. The van der Waals surface area contributed by atoms with E-state index in [1.165, 1.54) is 10.9 Å². The third kappa shape index (κ3) is 3.13. The molecular formula is C12H22N4O3S. The van der Waals surface area contributed by atoms with Gasteiger partial charge in [-0.3, -0.25) is 4.68 Å². The lowest BCUT2D eigenvalue weighted by Crippen LogP contribution is -2.32. The molecule has 1 fully saturated rings. The van der Waals surface area contributed by atoms with Crippen LogP contribution >= 0.6 is 0 Å². The number of sulfonamides is 1. The van der Waals surface area contributed by atoms with Gasteiger partial charge in [0.1, 0.15) is 4.90 Å². The van der Waals surface area contributed by atoms with Gasteiger partial charge in [0.15, 0.2) is 5.82 Å². The van der Waals surface area contributed by atoms with Crippen molar-refractivity contribution in [2.45, 2.75) is 44.2 Å². The van der Waals surface area contributed by atoms with Crippen LogP contribution in [0.15, 0.2) is 11.1 Å². The SMILES string of the molecule is CCC1OCCC1CNS(=O)(=O)c1cn(CC)nc1N. The molecule has 1 aliphatic rings. The van der Waals surface area contributed by atoms with Crippen LogP contribution < -0.4 is 10.5 Å². The molecule has 0 aliphatic carbocycles. The van der Waals surface area contributed by atoms with Crippen LogP contribution in [0, 0.1) is 5.92 Å². The molecule has 0 aromatic carbocycles. The van der Waals surface area contributed by atoms with Gasteiger partial charge in [-0.2, -0.15) is 5.10 Å². The van der Waals surface area contributed by atoms with Gasteiger partial charge in [-0.15, -0.1) is 0 Å². The van der Waals surface area contributed by atoms with Crippen molar-refractivity contribution < 1.29 is 13.2 Å². The number of nitrogens with zero attached hydrogens (tertiary/aromatic N) is 2. The van der Waals surface area contributed by atoms with E-state index in [2.05, 4.69) is 9.82 Å². The van der Waals surface area contributed by atoms with Crippen molar-refractivity contribution in [2.24, 2.45) is 5.92 Å². The fourth-order valence-corrected chi connectivity index (χ4v) is 3.62. The molecule has 0 amide bonds. The van der Waals surface area contributed by atoms with Crippen molar-refractivity contribution >= 4 is 15.8 Å². The Morgan fingerprint density at radius 3 is 2.90 bits per heavy atom. The van der Waals surface area contributed by atoms with Gasteiger partial charge in [-0.25, -0.2) is 13.1 Å². The van der Waals surface area contributed by atoms with Crippen LogP contribution in [0.5, 0.6) is 0 Å². The summed E-state index contributed by atoms with van der Waals surface area (Å²) in [6, 6.07) is 0. The van der Waals surface area contributed by atoms with Gasteiger partial charge in [0, 0.05) is 31.8 Å². The summed E-state index contributed by atoms with van der Waals surface area (Å²) in [4.78, 5) is 0.0475. The van der Waals surface area contributed by atoms with Crippen molar-refractivity contribution in [3.8, 4) is 0 Å². The molecule has 0 bridgehead atoms. The number of aromatic nitrogens is 2. The fourth-order valence-electron chi connectivity index (χ4n) is 2.46. The van der Waals surface area contributed by atoms with Gasteiger partial charge >= 0.3 is 0 Å². The molecule has 2 atom stereocenters. The molecule has 7 nitrogen and oxygen atoms in total. The minimum Gasteiger partial charge on any atom is -0.381 e. The van der Waals surface area contributed by atoms with Gasteiger partial charge in [-0.1, -0.05) is 6.92 Å². The molecule has 2 unspecified atom stereocenters. The standard InChI is InChI=1S/C12H22N4O3S/c1-3-10-9(5-6-19-10)7-14-20(17,18)11-8-16(4-2)15-12(11)13/h8-10,14H,3-7H2,1-2H3,(H2,13,15). The summed E-state index contributed by atoms with van der Waals surface area (Å²) in [5, 5.41) is 3.96. The van der Waals surface area contributed by atoms with Gasteiger partial charge in [0.25, 0.3) is 0 Å². The Balaban J connectivity index is 2.05. The normalized spacial score (nSPS) is 23.3. The first kappa shape index (κ1) is 15.3. The molecule has 2 rings (SSSR count). The average molecular weight is 302 g/mol. The fraction of sp³-hybridized carbons (Fsp3) is 0.750. The second-order valence-electron chi connectivity index (χ2n) is 4.95. The largest absolute Gasteiger partial charge is 0.381 e. The molecule has 0 radical (unpaired) electrons. The zero-order chi connectivity index (χ0) is 14.8. The van der Waals surface area contributed by atoms with Gasteiger partial charge < -0.3 is 10.5 Å². The lowest BCUT2D eigenvalue weighted by Gasteiger charge is -2.17. The lowest BCUT2D eigenvalue weighted by molar-refractivity contribution is 0.0884. The van der Waals surface area contributed by atoms with Crippen molar-refractivity contribution in [2.75, 3.05) is 18.9 Å². The van der Waals surface area contributed by atoms with E-state index in [-0.39, 0.29) is 22.7 Å². The summed E-state index contributed by atoms with van der Waals surface area (Å²) in [5.41, 5.74) is 5.66. The van der Waals surface area contributed by atoms with Crippen LogP contribution in [0.1, 0.15) is 26.7 Å². The second-order valence-corrected chi connectivity index (χ2v) is 6.69. The highest BCUT2D eigenvalue weighted by Gasteiger charge is 2.29. The van der Waals surface area contributed by atoms with Crippen molar-refractivity contribution in [3.05, 3.63) is 6.20 Å². The van der Waals surface area contributed by atoms with E-state index in [9.17, 15) is 8.42 Å². The van der Waals surface area contributed by atoms with Crippen LogP contribution in [-0.2, 0) is 21.3 Å². The number of aryl methyl sites for hydroxylation is 1. The number of rotatable bonds is 6. The summed E-state index contributed by atoms with van der Waals surface area (Å²) in [6.45, 7) is 5.56. The Kier molecular flexibility index (Phi) is 4.66. The van der Waals surface area contributed by atoms with E-state index in [0.717, 1.165) is 12.8 Å². The average Bonchev–Trinajstić information content (AvgIpc) is 3.02. The van der Waals surface area contributed by atoms with Crippen molar-refractivity contribution in [1.82, 2.24) is 14.5 Å². The predicted octanol–water partition coefficient (Wildman–Crippen LogP) is 0.579. The molecular weight excluding hydrogens is 280 g/mol. The van der Waals surface area contributed by atoms with Gasteiger partial charge in [-0.05, 0) is 19.8 Å². The number of nitrogen functional groups attached to an aromatic ring is 1. The third-order valence-corrected chi connectivity index (χ3v) is 5.09. The highest BCUT2D eigenvalue weighted by atomic mass is 32.2. The van der Waals surface area contributed by atoms with E-state index in [1.54, 1.807) is 0 Å². The Bertz CT molecular complexity index is 555. The summed E-state index contributed by atoms with van der Waals surface area (Å²) in [5.74, 6) is 0.256. The molecule has 1 aromatic heterocycles. The summed E-state index contributed by atoms with van der Waals surface area (Å²) in [6.07, 6.45) is 3.36. The monoisotopic (exact) mass is 302 g/mol. The highest BCUT2D eigenvalue weighted by molar-refractivity contribution is 7.89. The number of anilines is 1. The zero-order valence-corrected chi connectivity index (χ0v) is 12.7. The first-order valence-corrected chi connectivity index (χ1v) is 8.40. The summed E-state index contributed by atoms with van der Waals surface area (Å²) < 4.78 is 34.2. The van der Waals surface area contributed by atoms with Crippen LogP contribution in [-0.4, -0.2) is 37.5 Å². The van der Waals surface area contributed by atoms with Gasteiger partial charge in [0.2, 0.25) is 10.0 Å². The maximum atomic E-state index is 12.2. The molecule has 2 heterocycles. The number of hydrogen-bond acceptors (Lipinski definition) is 5. The summed E-state index contributed by atoms with van der Waals surface area (Å²) >= 11 is 0. The van der Waals surface area contributed by atoms with Crippen molar-refractivity contribution in [1.29, 1.82) is 0 Å². The molecule has 8 heteroatoms. The molecule has 1 aliphatic heterocycles. The van der Waals surface area contributed by atoms with Gasteiger partial charge in [0.05, 0.1) is 6.10 Å². The molecule has 3 N–H and O–H groups in total. The Morgan fingerprint density at radius 2 is 2.30 bits per heavy atom. The summed E-state index contributed by atoms with van der Waals surface area (Å²) in [7, 11) is -3.61. The highest BCUT2D eigenvalue weighted by Crippen LogP contribution is 2.23. The molecule has 0 saturated carbocycles. The van der Waals surface area contributed by atoms with E-state index < -0.39 is 10.0 Å². The number of ether oxygens (including phenoxy) is 1. The minimum atomic E-state index is -3.61. The first-order chi connectivity index (χ1) is 9.47. The molecule has 0 spiro atoms. The second kappa shape index (κ2) is 6.11. The topological polar surface area (TPSA) is 99.2 Å². The third-order valence-electron chi connectivity index (χ3n) is 3.65. The molecule has 1 saturated heterocycles. The van der Waals surface area contributed by atoms with Crippen molar-refractivity contribution in [3.63, 3.8) is 0 Å². The lowest BCUT2D eigenvalue weighted by atomic mass is 10.0. The number of hydrogen-bond donors (Lipinski definition) is 2. The quantitative estimate of drug-likeness (QED) is 0.800. The van der Waals surface area contributed by atoms with Crippen LogP contribution in [0.4, 0.5) is 5.82 Å². The number of nitrogens with two attached hydrogens (primary N) is 1. The minimum absolute atomic E-state index is 0.0362. The Labute approximate surface area is 119 Å². The van der Waals surface area contributed by atoms with Crippen LogP contribution in [0.2, 0.25) is 0 Å². The van der Waals surface area contributed by atoms with Crippen LogP contribution in [0.3, 0.4) is 0 Å². The molecule has 114 valence electrons. The van der Waals surface area contributed by atoms with E-state index >= 15 is 0 Å². The first-order valence-electron chi connectivity index (χ1n) is 6.92. The van der Waals surface area contributed by atoms with E-state index in [4.69, 9.17) is 10.5 Å². The Hall–Kier alpha value is -1.12.